The molecule has 1 amide bonds. The quantitative estimate of drug-likeness (QED) is 0.388. The Balaban J connectivity index is 4.11. The van der Waals surface area contributed by atoms with E-state index >= 15 is 0 Å². The molecule has 0 heterocycles. The molecule has 0 saturated carbocycles. The standard InChI is InChI=1S/C18H31NO4/c1-5-6-7-8-9-10-11-12-13-16(21)15(14-20)19-17(22)23-18(2,3)4/h15,20H,5-11,14H2,1-4H3,(H,19,22)/t15-/m0/s1. The summed E-state index contributed by atoms with van der Waals surface area (Å²) in [4.78, 5) is 23.4. The number of rotatable bonds is 9. The molecule has 5 heteroatoms. The molecule has 0 aromatic rings. The fourth-order valence-electron chi connectivity index (χ4n) is 1.87. The van der Waals surface area contributed by atoms with Crippen LogP contribution in [0.25, 0.3) is 0 Å². The summed E-state index contributed by atoms with van der Waals surface area (Å²) in [6.45, 7) is 6.86. The van der Waals surface area contributed by atoms with Crippen molar-refractivity contribution < 1.29 is 19.4 Å². The van der Waals surface area contributed by atoms with E-state index in [4.69, 9.17) is 4.74 Å². The lowest BCUT2D eigenvalue weighted by molar-refractivity contribution is -0.116. The van der Waals surface area contributed by atoms with Crippen molar-refractivity contribution in [2.45, 2.75) is 84.3 Å². The number of nitrogens with one attached hydrogen (secondary N) is 1. The molecule has 0 aliphatic rings. The minimum Gasteiger partial charge on any atom is -0.444 e. The number of carbonyl (C=O) groups excluding carboxylic acids is 2. The van der Waals surface area contributed by atoms with E-state index < -0.39 is 30.1 Å². The molecule has 0 aromatic heterocycles. The van der Waals surface area contributed by atoms with Gasteiger partial charge < -0.3 is 15.2 Å². The predicted octanol–water partition coefficient (Wildman–Crippen LogP) is 3.20. The van der Waals surface area contributed by atoms with Crippen LogP contribution in [0, 0.1) is 11.8 Å². The minimum absolute atomic E-state index is 0.496. The second-order valence-corrected chi connectivity index (χ2v) is 6.57. The highest BCUT2D eigenvalue weighted by molar-refractivity contribution is 6.01. The maximum atomic E-state index is 11.8. The fourth-order valence-corrected chi connectivity index (χ4v) is 1.87. The number of alkyl carbamates (subject to hydrolysis) is 1. The number of Topliss-reactive ketones (excluding diaryl/α,β-unsaturated/α-hetero) is 1. The van der Waals surface area contributed by atoms with Crippen LogP contribution >= 0.6 is 0 Å². The summed E-state index contributed by atoms with van der Waals surface area (Å²) < 4.78 is 5.05. The average molecular weight is 325 g/mol. The third kappa shape index (κ3) is 12.7. The number of carbonyl (C=O) groups is 2. The summed E-state index contributed by atoms with van der Waals surface area (Å²) in [5, 5.41) is 11.5. The molecule has 0 aliphatic carbocycles. The molecule has 0 fully saturated rings. The van der Waals surface area contributed by atoms with Crippen molar-refractivity contribution in [2.75, 3.05) is 6.61 Å². The number of hydrogen-bond donors (Lipinski definition) is 2. The van der Waals surface area contributed by atoms with E-state index in [1.54, 1.807) is 20.8 Å². The first kappa shape index (κ1) is 21.5. The molecule has 0 spiro atoms. The molecule has 5 nitrogen and oxygen atoms in total. The Morgan fingerprint density at radius 1 is 1.13 bits per heavy atom. The van der Waals surface area contributed by atoms with E-state index in [0.717, 1.165) is 12.8 Å². The van der Waals surface area contributed by atoms with Crippen LogP contribution in [0.3, 0.4) is 0 Å². The normalized spacial score (nSPS) is 12.0. The van der Waals surface area contributed by atoms with Crippen LogP contribution < -0.4 is 5.32 Å². The van der Waals surface area contributed by atoms with Crippen LogP contribution in [0.5, 0.6) is 0 Å². The smallest absolute Gasteiger partial charge is 0.408 e. The molecule has 0 radical (unpaired) electrons. The molecule has 2 N–H and O–H groups in total. The van der Waals surface area contributed by atoms with Crippen LogP contribution in [-0.2, 0) is 9.53 Å². The Labute approximate surface area is 140 Å². The van der Waals surface area contributed by atoms with Gasteiger partial charge in [-0.05, 0) is 33.1 Å². The van der Waals surface area contributed by atoms with Gasteiger partial charge in [0.05, 0.1) is 6.61 Å². The highest BCUT2D eigenvalue weighted by Crippen LogP contribution is 2.07. The van der Waals surface area contributed by atoms with Crippen molar-refractivity contribution in [1.82, 2.24) is 5.32 Å². The Morgan fingerprint density at radius 2 is 1.74 bits per heavy atom. The van der Waals surface area contributed by atoms with Crippen molar-refractivity contribution in [3.63, 3.8) is 0 Å². The topological polar surface area (TPSA) is 75.6 Å². The second kappa shape index (κ2) is 12.0. The van der Waals surface area contributed by atoms with E-state index in [1.807, 2.05) is 0 Å². The van der Waals surface area contributed by atoms with Crippen LogP contribution in [0.4, 0.5) is 4.79 Å². The third-order valence-corrected chi connectivity index (χ3v) is 3.06. The third-order valence-electron chi connectivity index (χ3n) is 3.06. The summed E-state index contributed by atoms with van der Waals surface area (Å²) in [6.07, 6.45) is 6.93. The van der Waals surface area contributed by atoms with Crippen LogP contribution in [0.1, 0.15) is 72.6 Å². The molecular formula is C18H31NO4. The molecular weight excluding hydrogens is 294 g/mol. The van der Waals surface area contributed by atoms with E-state index in [-0.39, 0.29) is 0 Å². The number of hydrogen-bond acceptors (Lipinski definition) is 4. The van der Waals surface area contributed by atoms with Crippen LogP contribution in [-0.4, -0.2) is 35.2 Å². The van der Waals surface area contributed by atoms with Gasteiger partial charge in [0.15, 0.2) is 0 Å². The zero-order valence-electron chi connectivity index (χ0n) is 14.9. The number of unbranched alkanes of at least 4 members (excludes halogenated alkanes) is 6. The number of ketones is 1. The summed E-state index contributed by atoms with van der Waals surface area (Å²) in [7, 11) is 0. The van der Waals surface area contributed by atoms with Gasteiger partial charge in [-0.2, -0.15) is 0 Å². The maximum absolute atomic E-state index is 11.8. The first-order valence-corrected chi connectivity index (χ1v) is 8.43. The zero-order valence-corrected chi connectivity index (χ0v) is 14.9. The summed E-state index contributed by atoms with van der Waals surface area (Å²) in [5.41, 5.74) is -0.656. The fraction of sp³-hybridized carbons (Fsp3) is 0.778. The first-order valence-electron chi connectivity index (χ1n) is 8.43. The molecule has 23 heavy (non-hydrogen) atoms. The number of aliphatic hydroxyl groups is 1. The molecule has 0 unspecified atom stereocenters. The number of amides is 1. The van der Waals surface area contributed by atoms with Crippen molar-refractivity contribution >= 4 is 11.9 Å². The van der Waals surface area contributed by atoms with Crippen LogP contribution in [0.15, 0.2) is 0 Å². The van der Waals surface area contributed by atoms with Gasteiger partial charge in [-0.3, -0.25) is 4.79 Å². The van der Waals surface area contributed by atoms with Crippen molar-refractivity contribution in [3.8, 4) is 11.8 Å². The molecule has 0 bridgehead atoms. The Kier molecular flexibility index (Phi) is 11.2. The number of ether oxygens (including phenoxy) is 1. The highest BCUT2D eigenvalue weighted by Gasteiger charge is 2.22. The van der Waals surface area contributed by atoms with Gasteiger partial charge in [-0.25, -0.2) is 4.79 Å². The van der Waals surface area contributed by atoms with E-state index in [9.17, 15) is 14.7 Å². The molecule has 0 aromatic carbocycles. The van der Waals surface area contributed by atoms with Gasteiger partial charge in [0, 0.05) is 6.42 Å². The molecule has 0 saturated heterocycles. The Morgan fingerprint density at radius 3 is 2.30 bits per heavy atom. The van der Waals surface area contributed by atoms with Crippen molar-refractivity contribution in [1.29, 1.82) is 0 Å². The maximum Gasteiger partial charge on any atom is 0.408 e. The first-order chi connectivity index (χ1) is 10.8. The van der Waals surface area contributed by atoms with Gasteiger partial charge in [-0.1, -0.05) is 44.9 Å². The molecule has 1 atom stereocenters. The number of aliphatic hydroxyl groups excluding tert-OH is 1. The van der Waals surface area contributed by atoms with E-state index in [1.165, 1.54) is 25.7 Å². The van der Waals surface area contributed by atoms with Gasteiger partial charge >= 0.3 is 6.09 Å². The van der Waals surface area contributed by atoms with Gasteiger partial charge in [0.25, 0.3) is 0 Å². The summed E-state index contributed by atoms with van der Waals surface area (Å²) >= 11 is 0. The lowest BCUT2D eigenvalue weighted by atomic mass is 10.1. The zero-order chi connectivity index (χ0) is 17.7. The lowest BCUT2D eigenvalue weighted by Gasteiger charge is -2.21. The molecule has 132 valence electrons. The van der Waals surface area contributed by atoms with Gasteiger partial charge in [-0.15, -0.1) is 0 Å². The SMILES string of the molecule is CCCCCCCCC#CC(=O)[C@H](CO)NC(=O)OC(C)(C)C. The summed E-state index contributed by atoms with van der Waals surface area (Å²) in [6, 6.07) is -1.04. The van der Waals surface area contributed by atoms with Gasteiger partial charge in [0.1, 0.15) is 11.6 Å². The van der Waals surface area contributed by atoms with E-state index in [2.05, 4.69) is 24.1 Å². The van der Waals surface area contributed by atoms with Crippen LogP contribution in [0.2, 0.25) is 0 Å². The van der Waals surface area contributed by atoms with E-state index in [0.29, 0.717) is 6.42 Å². The second-order valence-electron chi connectivity index (χ2n) is 6.57. The Hall–Kier alpha value is -1.54. The minimum atomic E-state index is -1.04. The molecule has 0 aliphatic heterocycles. The van der Waals surface area contributed by atoms with Crippen molar-refractivity contribution in [2.24, 2.45) is 0 Å². The van der Waals surface area contributed by atoms with Crippen molar-refractivity contribution in [3.05, 3.63) is 0 Å². The largest absolute Gasteiger partial charge is 0.444 e. The Bertz CT molecular complexity index is 415. The average Bonchev–Trinajstić information content (AvgIpc) is 2.45. The lowest BCUT2D eigenvalue weighted by Crippen LogP contribution is -2.45. The molecule has 0 rings (SSSR count). The predicted molar refractivity (Wildman–Crippen MR) is 91.0 cm³/mol. The monoisotopic (exact) mass is 325 g/mol. The highest BCUT2D eigenvalue weighted by atomic mass is 16.6. The summed E-state index contributed by atoms with van der Waals surface area (Å²) in [5.74, 6) is 4.80. The van der Waals surface area contributed by atoms with Gasteiger partial charge in [0.2, 0.25) is 5.78 Å².